The van der Waals surface area contributed by atoms with Crippen molar-refractivity contribution in [1.29, 1.82) is 0 Å². The maximum Gasteiger partial charge on any atom is 0.336 e. The fourth-order valence-corrected chi connectivity index (χ4v) is 4.13. The molecule has 1 aliphatic carbocycles. The summed E-state index contributed by atoms with van der Waals surface area (Å²) in [5, 5.41) is 3.29. The van der Waals surface area contributed by atoms with Crippen LogP contribution in [-0.4, -0.2) is 18.4 Å². The second-order valence-corrected chi connectivity index (χ2v) is 7.59. The average Bonchev–Trinajstić information content (AvgIpc) is 3.14. The van der Waals surface area contributed by atoms with Crippen molar-refractivity contribution in [2.75, 3.05) is 6.61 Å². The van der Waals surface area contributed by atoms with E-state index in [4.69, 9.17) is 9.15 Å². The second-order valence-electron chi connectivity index (χ2n) is 7.59. The molecule has 1 atom stereocenters. The van der Waals surface area contributed by atoms with Gasteiger partial charge in [-0.15, -0.1) is 0 Å². The SMILES string of the molecule is CC1=C(C(=O)OCCc2ccccc2)[C@@H](c2ccc(C)o2)C2=C(CCCC2=O)N1. The van der Waals surface area contributed by atoms with Gasteiger partial charge >= 0.3 is 5.97 Å². The predicted octanol–water partition coefficient (Wildman–Crippen LogP) is 4.34. The summed E-state index contributed by atoms with van der Waals surface area (Å²) in [5.41, 5.74) is 3.84. The van der Waals surface area contributed by atoms with Gasteiger partial charge in [-0.2, -0.15) is 0 Å². The molecule has 0 saturated heterocycles. The normalized spacial score (nSPS) is 19.1. The molecular weight excluding hydrogens is 366 g/mol. The van der Waals surface area contributed by atoms with Gasteiger partial charge in [0.15, 0.2) is 5.78 Å². The lowest BCUT2D eigenvalue weighted by atomic mass is 9.77. The number of aryl methyl sites for hydroxylation is 1. The molecule has 0 spiro atoms. The molecule has 150 valence electrons. The molecule has 0 unspecified atom stereocenters. The average molecular weight is 391 g/mol. The highest BCUT2D eigenvalue weighted by molar-refractivity contribution is 6.03. The minimum Gasteiger partial charge on any atom is -0.465 e. The number of furan rings is 1. The number of allylic oxidation sites excluding steroid dienone is 3. The highest BCUT2D eigenvalue weighted by atomic mass is 16.5. The molecule has 2 heterocycles. The quantitative estimate of drug-likeness (QED) is 0.768. The van der Waals surface area contributed by atoms with Crippen LogP contribution in [0, 0.1) is 6.92 Å². The third kappa shape index (κ3) is 3.90. The number of Topliss-reactive ketones (excluding diaryl/α,β-unsaturated/α-hetero) is 1. The monoisotopic (exact) mass is 391 g/mol. The molecular formula is C24H25NO4. The third-order valence-electron chi connectivity index (χ3n) is 5.51. The van der Waals surface area contributed by atoms with Crippen molar-refractivity contribution in [1.82, 2.24) is 5.32 Å². The van der Waals surface area contributed by atoms with E-state index in [1.807, 2.05) is 56.3 Å². The van der Waals surface area contributed by atoms with Gasteiger partial charge in [0.25, 0.3) is 0 Å². The van der Waals surface area contributed by atoms with Crippen molar-refractivity contribution in [3.8, 4) is 0 Å². The molecule has 1 aliphatic heterocycles. The van der Waals surface area contributed by atoms with Crippen molar-refractivity contribution in [2.45, 2.75) is 45.4 Å². The molecule has 1 aromatic heterocycles. The Bertz CT molecular complexity index is 997. The van der Waals surface area contributed by atoms with E-state index in [0.29, 0.717) is 29.7 Å². The Labute approximate surface area is 170 Å². The summed E-state index contributed by atoms with van der Waals surface area (Å²) in [4.78, 5) is 25.9. The number of nitrogens with one attached hydrogen (secondary N) is 1. The van der Waals surface area contributed by atoms with Gasteiger partial charge in [-0.25, -0.2) is 4.79 Å². The van der Waals surface area contributed by atoms with E-state index in [9.17, 15) is 9.59 Å². The number of hydrogen-bond acceptors (Lipinski definition) is 5. The van der Waals surface area contributed by atoms with E-state index in [1.165, 1.54) is 0 Å². The smallest absolute Gasteiger partial charge is 0.336 e. The summed E-state index contributed by atoms with van der Waals surface area (Å²) >= 11 is 0. The number of ether oxygens (including phenoxy) is 1. The number of esters is 1. The predicted molar refractivity (Wildman–Crippen MR) is 109 cm³/mol. The van der Waals surface area contributed by atoms with Gasteiger partial charge in [0.05, 0.1) is 18.1 Å². The van der Waals surface area contributed by atoms with Crippen LogP contribution in [0.25, 0.3) is 0 Å². The van der Waals surface area contributed by atoms with Crippen LogP contribution in [-0.2, 0) is 20.7 Å². The fourth-order valence-electron chi connectivity index (χ4n) is 4.13. The van der Waals surface area contributed by atoms with Gasteiger partial charge in [0.2, 0.25) is 0 Å². The number of carbonyl (C=O) groups excluding carboxylic acids is 2. The molecule has 1 aromatic carbocycles. The third-order valence-corrected chi connectivity index (χ3v) is 5.51. The number of carbonyl (C=O) groups is 2. The highest BCUT2D eigenvalue weighted by Gasteiger charge is 2.40. The van der Waals surface area contributed by atoms with Gasteiger partial charge in [-0.3, -0.25) is 4.79 Å². The van der Waals surface area contributed by atoms with Gasteiger partial charge in [-0.1, -0.05) is 30.3 Å². The fraction of sp³-hybridized carbons (Fsp3) is 0.333. The van der Waals surface area contributed by atoms with Crippen molar-refractivity contribution in [2.24, 2.45) is 0 Å². The molecule has 0 fully saturated rings. The molecule has 5 heteroatoms. The van der Waals surface area contributed by atoms with E-state index in [2.05, 4.69) is 5.32 Å². The van der Waals surface area contributed by atoms with Crippen molar-refractivity contribution in [3.05, 3.63) is 82.1 Å². The van der Waals surface area contributed by atoms with Crippen LogP contribution < -0.4 is 5.32 Å². The van der Waals surface area contributed by atoms with Crippen LogP contribution in [0.3, 0.4) is 0 Å². The summed E-state index contributed by atoms with van der Waals surface area (Å²) in [7, 11) is 0. The molecule has 2 aromatic rings. The number of ketones is 1. The van der Waals surface area contributed by atoms with Crippen LogP contribution >= 0.6 is 0 Å². The lowest BCUT2D eigenvalue weighted by Crippen LogP contribution is -2.34. The minimum atomic E-state index is -0.517. The van der Waals surface area contributed by atoms with Gasteiger partial charge < -0.3 is 14.5 Å². The first-order valence-electron chi connectivity index (χ1n) is 10.1. The topological polar surface area (TPSA) is 68.5 Å². The van der Waals surface area contributed by atoms with Gasteiger partial charge in [0.1, 0.15) is 11.5 Å². The molecule has 0 amide bonds. The molecule has 29 heavy (non-hydrogen) atoms. The van der Waals surface area contributed by atoms with Gasteiger partial charge in [0, 0.05) is 29.8 Å². The first-order valence-corrected chi connectivity index (χ1v) is 10.1. The highest BCUT2D eigenvalue weighted by Crippen LogP contribution is 2.42. The zero-order valence-corrected chi connectivity index (χ0v) is 16.8. The Hall–Kier alpha value is -3.08. The van der Waals surface area contributed by atoms with Crippen LogP contribution in [0.5, 0.6) is 0 Å². The van der Waals surface area contributed by atoms with Crippen LogP contribution in [0.2, 0.25) is 0 Å². The Morgan fingerprint density at radius 3 is 2.66 bits per heavy atom. The van der Waals surface area contributed by atoms with Crippen molar-refractivity contribution in [3.63, 3.8) is 0 Å². The zero-order chi connectivity index (χ0) is 20.4. The Morgan fingerprint density at radius 2 is 1.93 bits per heavy atom. The summed E-state index contributed by atoms with van der Waals surface area (Å²) in [6, 6.07) is 13.6. The summed E-state index contributed by atoms with van der Waals surface area (Å²) in [6.07, 6.45) is 2.75. The van der Waals surface area contributed by atoms with Crippen molar-refractivity contribution >= 4 is 11.8 Å². The Morgan fingerprint density at radius 1 is 1.14 bits per heavy atom. The Balaban J connectivity index is 1.61. The number of rotatable bonds is 5. The number of dihydropyridines is 1. The van der Waals surface area contributed by atoms with E-state index < -0.39 is 11.9 Å². The number of hydrogen-bond donors (Lipinski definition) is 1. The van der Waals surface area contributed by atoms with E-state index in [0.717, 1.165) is 35.6 Å². The van der Waals surface area contributed by atoms with Crippen LogP contribution in [0.15, 0.2) is 69.4 Å². The van der Waals surface area contributed by atoms with E-state index in [1.54, 1.807) is 0 Å². The maximum absolute atomic E-state index is 13.1. The van der Waals surface area contributed by atoms with Crippen LogP contribution in [0.4, 0.5) is 0 Å². The van der Waals surface area contributed by atoms with Crippen LogP contribution in [0.1, 0.15) is 49.2 Å². The lowest BCUT2D eigenvalue weighted by molar-refractivity contribution is -0.139. The standard InChI is InChI=1S/C24H25NO4/c1-15-11-12-20(29-15)23-21(16(2)25-18-9-6-10-19(26)22(18)23)24(27)28-14-13-17-7-4-3-5-8-17/h3-5,7-8,11-12,23,25H,6,9-10,13-14H2,1-2H3/t23-/m1/s1. The molecule has 0 saturated carbocycles. The summed E-state index contributed by atoms with van der Waals surface area (Å²) in [6.45, 7) is 4.00. The maximum atomic E-state index is 13.1. The van der Waals surface area contributed by atoms with Gasteiger partial charge in [-0.05, 0) is 44.4 Å². The zero-order valence-electron chi connectivity index (χ0n) is 16.8. The largest absolute Gasteiger partial charge is 0.465 e. The Kier molecular flexibility index (Phi) is 5.38. The number of benzene rings is 1. The summed E-state index contributed by atoms with van der Waals surface area (Å²) in [5.74, 6) is 0.506. The first kappa shape index (κ1) is 19.2. The molecule has 0 radical (unpaired) electrons. The second kappa shape index (κ2) is 8.11. The summed E-state index contributed by atoms with van der Waals surface area (Å²) < 4.78 is 11.5. The molecule has 1 N–H and O–H groups in total. The van der Waals surface area contributed by atoms with E-state index in [-0.39, 0.29) is 12.4 Å². The lowest BCUT2D eigenvalue weighted by Gasteiger charge is -2.32. The molecule has 4 rings (SSSR count). The molecule has 5 nitrogen and oxygen atoms in total. The van der Waals surface area contributed by atoms with Crippen molar-refractivity contribution < 1.29 is 18.7 Å². The van der Waals surface area contributed by atoms with E-state index >= 15 is 0 Å². The first-order chi connectivity index (χ1) is 14.0. The molecule has 0 bridgehead atoms. The molecule has 2 aliphatic rings. The minimum absolute atomic E-state index is 0.0693.